The minimum atomic E-state index is -3.58. The fourth-order valence-electron chi connectivity index (χ4n) is 1.99. The van der Waals surface area contributed by atoms with Gasteiger partial charge in [-0.25, -0.2) is 13.1 Å². The standard InChI is InChI=1S/C17H18ClN3O5S/c1-11-9-13(5-8-15(11)18)26-10-16(22)20-21-17(23)12-3-6-14(7-4-12)27(24,25)19-2/h3-9,19H,10H2,1-2H3,(H,20,22)(H,21,23). The van der Waals surface area contributed by atoms with E-state index < -0.39 is 21.8 Å². The van der Waals surface area contributed by atoms with E-state index >= 15 is 0 Å². The molecule has 0 saturated heterocycles. The van der Waals surface area contributed by atoms with Crippen LogP contribution in [0.15, 0.2) is 47.4 Å². The normalized spacial score (nSPS) is 10.9. The zero-order valence-electron chi connectivity index (χ0n) is 14.6. The summed E-state index contributed by atoms with van der Waals surface area (Å²) in [7, 11) is -2.29. The van der Waals surface area contributed by atoms with Gasteiger partial charge in [-0.2, -0.15) is 0 Å². The molecule has 0 atom stereocenters. The Morgan fingerprint density at radius 3 is 2.33 bits per heavy atom. The monoisotopic (exact) mass is 411 g/mol. The number of nitrogens with one attached hydrogen (secondary N) is 3. The summed E-state index contributed by atoms with van der Waals surface area (Å²) in [4.78, 5) is 23.8. The van der Waals surface area contributed by atoms with Crippen LogP contribution in [0.3, 0.4) is 0 Å². The molecule has 0 unspecified atom stereocenters. The lowest BCUT2D eigenvalue weighted by atomic mass is 10.2. The quantitative estimate of drug-likeness (QED) is 0.622. The Hall–Kier alpha value is -2.62. The van der Waals surface area contributed by atoms with E-state index in [-0.39, 0.29) is 17.1 Å². The summed E-state index contributed by atoms with van der Waals surface area (Å²) in [5.74, 6) is -0.691. The molecule has 0 aliphatic carbocycles. The summed E-state index contributed by atoms with van der Waals surface area (Å²) < 4.78 is 30.8. The number of carbonyl (C=O) groups is 2. The number of hydrazine groups is 1. The lowest BCUT2D eigenvalue weighted by Crippen LogP contribution is -2.43. The third kappa shape index (κ3) is 5.68. The van der Waals surface area contributed by atoms with Crippen LogP contribution in [0.25, 0.3) is 0 Å². The molecule has 8 nitrogen and oxygen atoms in total. The first kappa shape index (κ1) is 20.7. The maximum absolute atomic E-state index is 12.0. The molecule has 0 saturated carbocycles. The molecule has 2 amide bonds. The molecule has 0 aromatic heterocycles. The Morgan fingerprint density at radius 1 is 1.07 bits per heavy atom. The Labute approximate surface area is 161 Å². The molecule has 0 radical (unpaired) electrons. The number of carbonyl (C=O) groups excluding carboxylic acids is 2. The number of rotatable bonds is 6. The second-order valence-electron chi connectivity index (χ2n) is 5.43. The Morgan fingerprint density at radius 2 is 1.74 bits per heavy atom. The molecule has 2 rings (SSSR count). The molecule has 0 aliphatic rings. The van der Waals surface area contributed by atoms with Crippen molar-refractivity contribution < 1.29 is 22.7 Å². The van der Waals surface area contributed by atoms with E-state index in [9.17, 15) is 18.0 Å². The van der Waals surface area contributed by atoms with Crippen molar-refractivity contribution in [1.29, 1.82) is 0 Å². The molecule has 27 heavy (non-hydrogen) atoms. The zero-order chi connectivity index (χ0) is 20.0. The number of benzene rings is 2. The van der Waals surface area contributed by atoms with Crippen molar-refractivity contribution in [2.75, 3.05) is 13.7 Å². The number of amides is 2. The van der Waals surface area contributed by atoms with Crippen molar-refractivity contribution >= 4 is 33.4 Å². The number of ether oxygens (including phenoxy) is 1. The number of sulfonamides is 1. The van der Waals surface area contributed by atoms with Crippen molar-refractivity contribution in [2.45, 2.75) is 11.8 Å². The second kappa shape index (κ2) is 8.85. The molecule has 0 spiro atoms. The van der Waals surface area contributed by atoms with Gasteiger partial charge in [0.2, 0.25) is 10.0 Å². The third-order valence-corrected chi connectivity index (χ3v) is 5.36. The predicted octanol–water partition coefficient (Wildman–Crippen LogP) is 1.40. The molecular formula is C17H18ClN3O5S. The van der Waals surface area contributed by atoms with E-state index in [4.69, 9.17) is 16.3 Å². The highest BCUT2D eigenvalue weighted by Crippen LogP contribution is 2.20. The average Bonchev–Trinajstić information content (AvgIpc) is 2.67. The van der Waals surface area contributed by atoms with E-state index in [2.05, 4.69) is 15.6 Å². The van der Waals surface area contributed by atoms with Crippen molar-refractivity contribution in [3.05, 3.63) is 58.6 Å². The molecule has 10 heteroatoms. The van der Waals surface area contributed by atoms with Crippen molar-refractivity contribution in [1.82, 2.24) is 15.6 Å². The third-order valence-electron chi connectivity index (χ3n) is 3.51. The summed E-state index contributed by atoms with van der Waals surface area (Å²) >= 11 is 5.91. The molecule has 0 heterocycles. The van der Waals surface area contributed by atoms with Gasteiger partial charge in [0.05, 0.1) is 4.90 Å². The van der Waals surface area contributed by atoms with Gasteiger partial charge < -0.3 is 4.74 Å². The van der Waals surface area contributed by atoms with Crippen LogP contribution in [0.2, 0.25) is 5.02 Å². The first-order valence-electron chi connectivity index (χ1n) is 7.74. The zero-order valence-corrected chi connectivity index (χ0v) is 16.1. The van der Waals surface area contributed by atoms with Gasteiger partial charge in [-0.05, 0) is 62.0 Å². The maximum Gasteiger partial charge on any atom is 0.276 e. The van der Waals surface area contributed by atoms with Gasteiger partial charge in [0, 0.05) is 10.6 Å². The Kier molecular flexibility index (Phi) is 6.78. The van der Waals surface area contributed by atoms with Gasteiger partial charge in [-0.15, -0.1) is 0 Å². The summed E-state index contributed by atoms with van der Waals surface area (Å²) in [5, 5.41) is 0.590. The van der Waals surface area contributed by atoms with Crippen LogP contribution in [0, 0.1) is 6.92 Å². The molecule has 144 valence electrons. The fraction of sp³-hybridized carbons (Fsp3) is 0.176. The van der Waals surface area contributed by atoms with Gasteiger partial charge in [-0.3, -0.25) is 20.4 Å². The van der Waals surface area contributed by atoms with E-state index in [0.29, 0.717) is 10.8 Å². The van der Waals surface area contributed by atoms with Gasteiger partial charge in [0.1, 0.15) is 5.75 Å². The predicted molar refractivity (Wildman–Crippen MR) is 100.0 cm³/mol. The Balaban J connectivity index is 1.85. The summed E-state index contributed by atoms with van der Waals surface area (Å²) in [6.07, 6.45) is 0. The number of hydrogen-bond donors (Lipinski definition) is 3. The van der Waals surface area contributed by atoms with E-state index in [1.165, 1.54) is 31.3 Å². The first-order chi connectivity index (χ1) is 12.7. The topological polar surface area (TPSA) is 114 Å². The SMILES string of the molecule is CNS(=O)(=O)c1ccc(C(=O)NNC(=O)COc2ccc(Cl)c(C)c2)cc1. The minimum Gasteiger partial charge on any atom is -0.484 e. The lowest BCUT2D eigenvalue weighted by molar-refractivity contribution is -0.123. The molecule has 0 fully saturated rings. The highest BCUT2D eigenvalue weighted by molar-refractivity contribution is 7.89. The van der Waals surface area contributed by atoms with Crippen LogP contribution >= 0.6 is 11.6 Å². The lowest BCUT2D eigenvalue weighted by Gasteiger charge is -2.10. The minimum absolute atomic E-state index is 0.0252. The van der Waals surface area contributed by atoms with Crippen LogP contribution in [-0.4, -0.2) is 33.9 Å². The van der Waals surface area contributed by atoms with Crippen LogP contribution < -0.4 is 20.3 Å². The second-order valence-corrected chi connectivity index (χ2v) is 7.73. The summed E-state index contributed by atoms with van der Waals surface area (Å²) in [6, 6.07) is 10.2. The largest absolute Gasteiger partial charge is 0.484 e. The van der Waals surface area contributed by atoms with Gasteiger partial charge in [-0.1, -0.05) is 11.6 Å². The van der Waals surface area contributed by atoms with E-state index in [1.54, 1.807) is 18.2 Å². The van der Waals surface area contributed by atoms with Crippen LogP contribution in [0.1, 0.15) is 15.9 Å². The van der Waals surface area contributed by atoms with Crippen LogP contribution in [0.5, 0.6) is 5.75 Å². The molecular weight excluding hydrogens is 394 g/mol. The Bertz CT molecular complexity index is 946. The average molecular weight is 412 g/mol. The number of aryl methyl sites for hydroxylation is 1. The molecule has 3 N–H and O–H groups in total. The summed E-state index contributed by atoms with van der Waals surface area (Å²) in [6.45, 7) is 1.50. The molecule has 2 aromatic rings. The number of hydrogen-bond acceptors (Lipinski definition) is 5. The molecule has 0 bridgehead atoms. The fourth-order valence-corrected chi connectivity index (χ4v) is 2.84. The summed E-state index contributed by atoms with van der Waals surface area (Å²) in [5.41, 5.74) is 5.43. The first-order valence-corrected chi connectivity index (χ1v) is 9.61. The highest BCUT2D eigenvalue weighted by atomic mass is 35.5. The van der Waals surface area contributed by atoms with Crippen LogP contribution in [0.4, 0.5) is 0 Å². The smallest absolute Gasteiger partial charge is 0.276 e. The van der Waals surface area contributed by atoms with Gasteiger partial charge >= 0.3 is 0 Å². The van der Waals surface area contributed by atoms with E-state index in [1.807, 2.05) is 6.92 Å². The molecule has 0 aliphatic heterocycles. The van der Waals surface area contributed by atoms with Crippen molar-refractivity contribution in [2.24, 2.45) is 0 Å². The van der Waals surface area contributed by atoms with Crippen LogP contribution in [-0.2, 0) is 14.8 Å². The molecule has 2 aromatic carbocycles. The highest BCUT2D eigenvalue weighted by Gasteiger charge is 2.13. The number of halogens is 1. The van der Waals surface area contributed by atoms with Crippen molar-refractivity contribution in [3.63, 3.8) is 0 Å². The van der Waals surface area contributed by atoms with E-state index in [0.717, 1.165) is 5.56 Å². The van der Waals surface area contributed by atoms with Crippen molar-refractivity contribution in [3.8, 4) is 5.75 Å². The van der Waals surface area contributed by atoms with Gasteiger partial charge in [0.25, 0.3) is 11.8 Å². The van der Waals surface area contributed by atoms with Gasteiger partial charge in [0.15, 0.2) is 6.61 Å². The maximum atomic E-state index is 12.0.